The molecule has 37 heavy (non-hydrogen) atoms. The van der Waals surface area contributed by atoms with E-state index in [1.165, 1.54) is 12.4 Å². The zero-order valence-electron chi connectivity index (χ0n) is 20.1. The Morgan fingerprint density at radius 3 is 2.51 bits per heavy atom. The lowest BCUT2D eigenvalue weighted by Gasteiger charge is -2.26. The molecule has 7 nitrogen and oxygen atoms in total. The van der Waals surface area contributed by atoms with Crippen molar-refractivity contribution in [3.63, 3.8) is 0 Å². The quantitative estimate of drug-likeness (QED) is 0.341. The van der Waals surface area contributed by atoms with Crippen molar-refractivity contribution in [2.75, 3.05) is 38.6 Å². The van der Waals surface area contributed by atoms with Crippen LogP contribution in [0.1, 0.15) is 0 Å². The Kier molecular flexibility index (Phi) is 6.15. The van der Waals surface area contributed by atoms with E-state index in [4.69, 9.17) is 10.5 Å². The molecule has 2 aromatic heterocycles. The first kappa shape index (κ1) is 23.3. The van der Waals surface area contributed by atoms with E-state index in [1.807, 2.05) is 41.3 Å². The average Bonchev–Trinajstić information content (AvgIpc) is 3.59. The van der Waals surface area contributed by atoms with Crippen LogP contribution in [0.25, 0.3) is 39.0 Å². The highest BCUT2D eigenvalue weighted by atomic mass is 19.1. The predicted octanol–water partition coefficient (Wildman–Crippen LogP) is 4.75. The van der Waals surface area contributed by atoms with E-state index >= 15 is 4.39 Å². The predicted molar refractivity (Wildman–Crippen MR) is 139 cm³/mol. The fraction of sp³-hybridized carbons (Fsp3) is 0.214. The molecule has 1 aliphatic rings. The van der Waals surface area contributed by atoms with Gasteiger partial charge in [-0.15, -0.1) is 0 Å². The van der Waals surface area contributed by atoms with Gasteiger partial charge in [-0.3, -0.25) is 14.1 Å². The number of halogens is 2. The molecule has 0 amide bonds. The zero-order valence-corrected chi connectivity index (χ0v) is 20.1. The number of anilines is 1. The molecule has 0 bridgehead atoms. The molecule has 5 aromatic rings. The van der Waals surface area contributed by atoms with E-state index in [9.17, 15) is 4.39 Å². The van der Waals surface area contributed by atoms with E-state index in [-0.39, 0.29) is 11.3 Å². The first-order valence-corrected chi connectivity index (χ1v) is 12.2. The Hall–Kier alpha value is -4.08. The van der Waals surface area contributed by atoms with Crippen LogP contribution < -0.4 is 5.73 Å². The van der Waals surface area contributed by atoms with Gasteiger partial charge in [0, 0.05) is 37.0 Å². The number of ether oxygens (including phenoxy) is 1. The minimum Gasteiger partial charge on any atom is -0.394 e. The van der Waals surface area contributed by atoms with Crippen molar-refractivity contribution in [3.8, 4) is 27.9 Å². The van der Waals surface area contributed by atoms with Gasteiger partial charge in [-0.2, -0.15) is 5.10 Å². The lowest BCUT2D eigenvalue weighted by molar-refractivity contribution is 0.0360. The summed E-state index contributed by atoms with van der Waals surface area (Å²) in [4.78, 5) is 6.87. The van der Waals surface area contributed by atoms with Gasteiger partial charge >= 0.3 is 0 Å². The molecular formula is C28H26F2N6O. The molecule has 3 aromatic carbocycles. The summed E-state index contributed by atoms with van der Waals surface area (Å²) in [5, 5.41) is 4.51. The number of fused-ring (bicyclic) bond motifs is 1. The minimum atomic E-state index is -0.817. The number of aromatic nitrogens is 4. The highest BCUT2D eigenvalue weighted by Gasteiger charge is 2.20. The Morgan fingerprint density at radius 1 is 0.892 bits per heavy atom. The topological polar surface area (TPSA) is 74.1 Å². The van der Waals surface area contributed by atoms with E-state index in [0.29, 0.717) is 16.6 Å². The second-order valence-corrected chi connectivity index (χ2v) is 9.12. The molecule has 2 N–H and O–H groups in total. The van der Waals surface area contributed by atoms with Crippen LogP contribution in [0.2, 0.25) is 0 Å². The van der Waals surface area contributed by atoms with Gasteiger partial charge in [0.15, 0.2) is 11.6 Å². The van der Waals surface area contributed by atoms with Gasteiger partial charge in [0.1, 0.15) is 12.0 Å². The van der Waals surface area contributed by atoms with E-state index in [2.05, 4.69) is 15.0 Å². The molecule has 0 spiro atoms. The van der Waals surface area contributed by atoms with Crippen LogP contribution in [-0.2, 0) is 11.3 Å². The number of nitrogens with zero attached hydrogens (tertiary/aromatic N) is 5. The largest absolute Gasteiger partial charge is 0.394 e. The number of nitrogens with two attached hydrogens (primary N) is 1. The lowest BCUT2D eigenvalue weighted by atomic mass is 10.0. The third kappa shape index (κ3) is 4.47. The van der Waals surface area contributed by atoms with Crippen molar-refractivity contribution in [2.45, 2.75) is 6.54 Å². The minimum absolute atomic E-state index is 0.143. The molecule has 6 rings (SSSR count). The van der Waals surface area contributed by atoms with Crippen LogP contribution >= 0.6 is 0 Å². The van der Waals surface area contributed by atoms with Crippen LogP contribution in [0.15, 0.2) is 73.3 Å². The maximum atomic E-state index is 15.2. The summed E-state index contributed by atoms with van der Waals surface area (Å²) in [6.45, 7) is 5.16. The number of imidazole rings is 1. The van der Waals surface area contributed by atoms with Gasteiger partial charge in [0.2, 0.25) is 0 Å². The average molecular weight is 501 g/mol. The normalized spacial score (nSPS) is 14.4. The van der Waals surface area contributed by atoms with Crippen molar-refractivity contribution >= 4 is 16.7 Å². The van der Waals surface area contributed by atoms with Crippen molar-refractivity contribution in [3.05, 3.63) is 85.0 Å². The number of hydrogen-bond acceptors (Lipinski definition) is 5. The van der Waals surface area contributed by atoms with E-state index < -0.39 is 17.3 Å². The molecule has 3 heterocycles. The van der Waals surface area contributed by atoms with Crippen molar-refractivity contribution in [1.82, 2.24) is 24.2 Å². The molecule has 1 saturated heterocycles. The number of nitrogen functional groups attached to an aromatic ring is 1. The molecular weight excluding hydrogens is 474 g/mol. The Morgan fingerprint density at radius 2 is 1.70 bits per heavy atom. The summed E-state index contributed by atoms with van der Waals surface area (Å²) in [5.74, 6) is -1.59. The number of benzene rings is 3. The molecule has 0 aliphatic carbocycles. The number of morpholine rings is 1. The fourth-order valence-corrected chi connectivity index (χ4v) is 4.73. The van der Waals surface area contributed by atoms with E-state index in [0.717, 1.165) is 50.5 Å². The molecule has 0 saturated carbocycles. The van der Waals surface area contributed by atoms with Crippen LogP contribution in [0.4, 0.5) is 14.5 Å². The highest BCUT2D eigenvalue weighted by molar-refractivity contribution is 5.84. The Labute approximate surface area is 212 Å². The molecule has 188 valence electrons. The van der Waals surface area contributed by atoms with E-state index in [1.54, 1.807) is 28.8 Å². The van der Waals surface area contributed by atoms with Gasteiger partial charge in [-0.1, -0.05) is 36.4 Å². The van der Waals surface area contributed by atoms with Crippen LogP contribution in [0, 0.1) is 11.6 Å². The van der Waals surface area contributed by atoms with Gasteiger partial charge in [0.25, 0.3) is 0 Å². The van der Waals surface area contributed by atoms with Crippen LogP contribution in [0.3, 0.4) is 0 Å². The second kappa shape index (κ2) is 9.76. The maximum absolute atomic E-state index is 15.2. The smallest absolute Gasteiger partial charge is 0.173 e. The third-order valence-electron chi connectivity index (χ3n) is 6.82. The molecule has 0 radical (unpaired) electrons. The lowest BCUT2D eigenvalue weighted by Crippen LogP contribution is -2.38. The number of hydrogen-bond donors (Lipinski definition) is 1. The summed E-state index contributed by atoms with van der Waals surface area (Å²) in [6, 6.07) is 16.2. The summed E-state index contributed by atoms with van der Waals surface area (Å²) in [6.07, 6.45) is 5.39. The van der Waals surface area contributed by atoms with Crippen molar-refractivity contribution < 1.29 is 13.5 Å². The monoisotopic (exact) mass is 500 g/mol. The summed E-state index contributed by atoms with van der Waals surface area (Å²) < 4.78 is 39.0. The summed E-state index contributed by atoms with van der Waals surface area (Å²) in [7, 11) is 0. The van der Waals surface area contributed by atoms with Crippen LogP contribution in [-0.4, -0.2) is 57.1 Å². The molecule has 0 atom stereocenters. The van der Waals surface area contributed by atoms with Gasteiger partial charge in [-0.05, 0) is 29.3 Å². The first-order chi connectivity index (χ1) is 18.1. The third-order valence-corrected chi connectivity index (χ3v) is 6.82. The van der Waals surface area contributed by atoms with Crippen molar-refractivity contribution in [2.24, 2.45) is 0 Å². The second-order valence-electron chi connectivity index (χ2n) is 9.12. The van der Waals surface area contributed by atoms with Gasteiger partial charge in [-0.25, -0.2) is 13.8 Å². The number of rotatable bonds is 6. The van der Waals surface area contributed by atoms with Gasteiger partial charge < -0.3 is 10.5 Å². The Bertz CT molecular complexity index is 1560. The SMILES string of the molecule is Nc1c(F)c(-c2ccccc2)cc(-n2cnc3cc(-c4cnn(CCN5CCOCC5)c4)ccc32)c1F. The zero-order chi connectivity index (χ0) is 25.4. The molecule has 1 aliphatic heterocycles. The standard InChI is InChI=1S/C28H26F2N6O/c29-26-22(19-4-2-1-3-5-19)15-25(27(30)28(26)31)36-18-32-23-14-20(6-7-24(23)36)21-16-33-35(17-21)9-8-34-10-12-37-13-11-34/h1-7,14-18H,8-13,31H2. The molecule has 1 fully saturated rings. The maximum Gasteiger partial charge on any atom is 0.173 e. The summed E-state index contributed by atoms with van der Waals surface area (Å²) >= 11 is 0. The first-order valence-electron chi connectivity index (χ1n) is 12.2. The Balaban J connectivity index is 1.30. The molecule has 9 heteroatoms. The van der Waals surface area contributed by atoms with Crippen molar-refractivity contribution in [1.29, 1.82) is 0 Å². The van der Waals surface area contributed by atoms with Gasteiger partial charge in [0.05, 0.1) is 42.7 Å². The fourth-order valence-electron chi connectivity index (χ4n) is 4.73. The highest BCUT2D eigenvalue weighted by Crippen LogP contribution is 2.34. The molecule has 0 unspecified atom stereocenters. The summed E-state index contributed by atoms with van der Waals surface area (Å²) in [5.41, 5.74) is 9.62. The van der Waals surface area contributed by atoms with Crippen LogP contribution in [0.5, 0.6) is 0 Å².